The first kappa shape index (κ1) is 22.7. The number of ether oxygens (including phenoxy) is 1. The third kappa shape index (κ3) is 4.60. The number of rotatable bonds is 9. The largest absolute Gasteiger partial charge is 0.376 e. The molecule has 2 aliphatic rings. The van der Waals surface area contributed by atoms with Crippen molar-refractivity contribution in [3.8, 4) is 11.3 Å². The highest BCUT2D eigenvalue weighted by atomic mass is 19.1. The summed E-state index contributed by atoms with van der Waals surface area (Å²) in [7, 11) is 1.90. The van der Waals surface area contributed by atoms with Gasteiger partial charge < -0.3 is 15.4 Å². The highest BCUT2D eigenvalue weighted by molar-refractivity contribution is 5.99. The Morgan fingerprint density at radius 1 is 1.18 bits per heavy atom. The van der Waals surface area contributed by atoms with Crippen LogP contribution in [0.5, 0.6) is 0 Å². The van der Waals surface area contributed by atoms with Crippen LogP contribution < -0.4 is 5.73 Å². The van der Waals surface area contributed by atoms with Crippen LogP contribution in [-0.2, 0) is 31.4 Å². The molecule has 2 aromatic carbocycles. The van der Waals surface area contributed by atoms with Gasteiger partial charge in [0.1, 0.15) is 11.6 Å². The zero-order valence-electron chi connectivity index (χ0n) is 19.1. The summed E-state index contributed by atoms with van der Waals surface area (Å²) < 4.78 is 35.0. The normalized spacial score (nSPS) is 16.2. The van der Waals surface area contributed by atoms with Gasteiger partial charge in [-0.1, -0.05) is 6.07 Å². The van der Waals surface area contributed by atoms with Crippen molar-refractivity contribution in [1.82, 2.24) is 14.7 Å². The summed E-state index contributed by atoms with van der Waals surface area (Å²) in [6.07, 6.45) is 4.60. The summed E-state index contributed by atoms with van der Waals surface area (Å²) in [6.45, 7) is 1.86. The molecule has 34 heavy (non-hydrogen) atoms. The number of aromatic nitrogens is 2. The summed E-state index contributed by atoms with van der Waals surface area (Å²) in [4.78, 5) is 14.8. The average molecular weight is 467 g/mol. The second-order valence-corrected chi connectivity index (χ2v) is 9.28. The number of carbonyl (C=O) groups excluding carboxylic acids is 1. The molecule has 1 aliphatic heterocycles. The van der Waals surface area contributed by atoms with E-state index in [1.54, 1.807) is 4.90 Å². The number of nitrogens with two attached hydrogens (primary N) is 1. The van der Waals surface area contributed by atoms with Crippen LogP contribution in [0.2, 0.25) is 0 Å². The number of carbonyl (C=O) groups is 1. The molecule has 1 fully saturated rings. The van der Waals surface area contributed by atoms with Crippen LogP contribution in [0.4, 0.5) is 8.78 Å². The third-order valence-electron chi connectivity index (χ3n) is 6.64. The van der Waals surface area contributed by atoms with Gasteiger partial charge in [0.05, 0.1) is 18.5 Å². The van der Waals surface area contributed by atoms with Gasteiger partial charge in [-0.2, -0.15) is 5.10 Å². The van der Waals surface area contributed by atoms with E-state index in [9.17, 15) is 13.6 Å². The Hall–Kier alpha value is -3.10. The van der Waals surface area contributed by atoms with Gasteiger partial charge in [-0.05, 0) is 60.6 Å². The van der Waals surface area contributed by atoms with E-state index >= 15 is 0 Å². The zero-order chi connectivity index (χ0) is 23.8. The molecule has 178 valence electrons. The summed E-state index contributed by atoms with van der Waals surface area (Å²) in [5.74, 6) is -0.706. The standard InChI is InChI=1S/C26H28F2N4O2/c1-31-25(20(12-30-31)15-34-14-16-2-3-16)18-4-5-24-19(9-18)13-32(26(24)33)23(11-29)8-17-6-21(27)10-22(28)7-17/h4-7,9-10,12,16,23H,2-3,8,11,13-15,29H2,1H3. The van der Waals surface area contributed by atoms with Crippen molar-refractivity contribution in [3.05, 3.63) is 76.5 Å². The first-order chi connectivity index (χ1) is 16.4. The summed E-state index contributed by atoms with van der Waals surface area (Å²) >= 11 is 0. The Balaban J connectivity index is 1.35. The molecule has 0 spiro atoms. The van der Waals surface area contributed by atoms with Crippen molar-refractivity contribution in [1.29, 1.82) is 0 Å². The molecule has 1 aromatic heterocycles. The van der Waals surface area contributed by atoms with Crippen LogP contribution >= 0.6 is 0 Å². The van der Waals surface area contributed by atoms with Gasteiger partial charge in [-0.15, -0.1) is 0 Å². The van der Waals surface area contributed by atoms with Gasteiger partial charge in [-0.25, -0.2) is 8.78 Å². The molecule has 2 N–H and O–H groups in total. The van der Waals surface area contributed by atoms with E-state index in [-0.39, 0.29) is 24.9 Å². The molecule has 3 aromatic rings. The predicted molar refractivity (Wildman–Crippen MR) is 124 cm³/mol. The van der Waals surface area contributed by atoms with Crippen molar-refractivity contribution in [2.45, 2.75) is 38.5 Å². The fraction of sp³-hybridized carbons (Fsp3) is 0.385. The van der Waals surface area contributed by atoms with Crippen molar-refractivity contribution < 1.29 is 18.3 Å². The fourth-order valence-corrected chi connectivity index (χ4v) is 4.69. The minimum absolute atomic E-state index is 0.119. The van der Waals surface area contributed by atoms with Gasteiger partial charge in [-0.3, -0.25) is 9.48 Å². The maximum atomic E-state index is 13.6. The predicted octanol–water partition coefficient (Wildman–Crippen LogP) is 3.82. The molecular formula is C26H28F2N4O2. The van der Waals surface area contributed by atoms with Crippen LogP contribution in [0.25, 0.3) is 11.3 Å². The Morgan fingerprint density at radius 2 is 1.94 bits per heavy atom. The molecule has 2 heterocycles. The van der Waals surface area contributed by atoms with Crippen molar-refractivity contribution in [2.24, 2.45) is 18.7 Å². The fourth-order valence-electron chi connectivity index (χ4n) is 4.69. The molecular weight excluding hydrogens is 438 g/mol. The molecule has 1 saturated carbocycles. The highest BCUT2D eigenvalue weighted by Crippen LogP contribution is 2.33. The number of benzene rings is 2. The molecule has 1 unspecified atom stereocenters. The lowest BCUT2D eigenvalue weighted by molar-refractivity contribution is 0.0708. The van der Waals surface area contributed by atoms with Crippen LogP contribution in [0.3, 0.4) is 0 Å². The monoisotopic (exact) mass is 466 g/mol. The molecule has 1 atom stereocenters. The molecule has 5 rings (SSSR count). The summed E-state index contributed by atoms with van der Waals surface area (Å²) in [6, 6.07) is 8.82. The zero-order valence-corrected chi connectivity index (χ0v) is 19.1. The minimum atomic E-state index is -0.639. The van der Waals surface area contributed by atoms with Gasteiger partial charge in [0.15, 0.2) is 0 Å². The van der Waals surface area contributed by atoms with E-state index in [2.05, 4.69) is 5.10 Å². The topological polar surface area (TPSA) is 73.4 Å². The summed E-state index contributed by atoms with van der Waals surface area (Å²) in [5, 5.41) is 4.41. The van der Waals surface area contributed by atoms with Crippen LogP contribution in [0, 0.1) is 17.6 Å². The van der Waals surface area contributed by atoms with Crippen molar-refractivity contribution in [3.63, 3.8) is 0 Å². The van der Waals surface area contributed by atoms with Crippen LogP contribution in [-0.4, -0.2) is 39.8 Å². The number of fused-ring (bicyclic) bond motifs is 1. The van der Waals surface area contributed by atoms with Crippen LogP contribution in [0.1, 0.15) is 39.9 Å². The molecule has 6 nitrogen and oxygen atoms in total. The van der Waals surface area contributed by atoms with E-state index < -0.39 is 11.6 Å². The SMILES string of the molecule is Cn1ncc(COCC2CC2)c1-c1ccc2c(c1)CN(C(CN)Cc1cc(F)cc(F)c1)C2=O. The highest BCUT2D eigenvalue weighted by Gasteiger charge is 2.33. The van der Waals surface area contributed by atoms with E-state index in [0.29, 0.717) is 30.2 Å². The Labute approximate surface area is 197 Å². The molecule has 0 saturated heterocycles. The number of hydrogen-bond acceptors (Lipinski definition) is 4. The number of nitrogens with zero attached hydrogens (tertiary/aromatic N) is 3. The average Bonchev–Trinajstić information content (AvgIpc) is 3.47. The molecule has 1 aliphatic carbocycles. The number of hydrogen-bond donors (Lipinski definition) is 1. The van der Waals surface area contributed by atoms with E-state index in [1.807, 2.05) is 36.1 Å². The Morgan fingerprint density at radius 3 is 2.65 bits per heavy atom. The minimum Gasteiger partial charge on any atom is -0.376 e. The molecule has 1 amide bonds. The smallest absolute Gasteiger partial charge is 0.254 e. The van der Waals surface area contributed by atoms with Crippen LogP contribution in [0.15, 0.2) is 42.6 Å². The summed E-state index contributed by atoms with van der Waals surface area (Å²) in [5.41, 5.74) is 10.9. The number of amides is 1. The molecule has 0 radical (unpaired) electrons. The number of aryl methyl sites for hydroxylation is 1. The second kappa shape index (κ2) is 9.27. The number of halogens is 2. The van der Waals surface area contributed by atoms with Gasteiger partial charge in [0.25, 0.3) is 5.91 Å². The van der Waals surface area contributed by atoms with Gasteiger partial charge in [0.2, 0.25) is 0 Å². The van der Waals surface area contributed by atoms with E-state index in [4.69, 9.17) is 10.5 Å². The molecule has 0 bridgehead atoms. The molecule has 8 heteroatoms. The van der Waals surface area contributed by atoms with Gasteiger partial charge in [0, 0.05) is 55.5 Å². The Kier molecular flexibility index (Phi) is 6.18. The lowest BCUT2D eigenvalue weighted by Crippen LogP contribution is -2.42. The van der Waals surface area contributed by atoms with Gasteiger partial charge >= 0.3 is 0 Å². The first-order valence-corrected chi connectivity index (χ1v) is 11.6. The second-order valence-electron chi connectivity index (χ2n) is 9.28. The quantitative estimate of drug-likeness (QED) is 0.520. The van der Waals surface area contributed by atoms with Crippen molar-refractivity contribution >= 4 is 5.91 Å². The third-order valence-corrected chi connectivity index (χ3v) is 6.64. The maximum absolute atomic E-state index is 13.6. The lowest BCUT2D eigenvalue weighted by Gasteiger charge is -2.26. The Bertz CT molecular complexity index is 1200. The van der Waals surface area contributed by atoms with E-state index in [1.165, 1.54) is 25.0 Å². The lowest BCUT2D eigenvalue weighted by atomic mass is 10.0. The van der Waals surface area contributed by atoms with E-state index in [0.717, 1.165) is 35.1 Å². The maximum Gasteiger partial charge on any atom is 0.254 e. The first-order valence-electron chi connectivity index (χ1n) is 11.6. The van der Waals surface area contributed by atoms with Crippen molar-refractivity contribution in [2.75, 3.05) is 13.2 Å².